The third-order valence-electron chi connectivity index (χ3n) is 5.98. The maximum atomic E-state index is 9.59. The molecule has 0 aliphatic rings. The number of aliphatic hydroxyl groups is 2. The Labute approximate surface area is 199 Å². The minimum atomic E-state index is -1.08. The molecule has 0 aliphatic heterocycles. The zero-order valence-corrected chi connectivity index (χ0v) is 21.8. The van der Waals surface area contributed by atoms with E-state index >= 15 is 0 Å². The van der Waals surface area contributed by atoms with Gasteiger partial charge in [-0.25, -0.2) is 4.90 Å². The summed E-state index contributed by atoms with van der Waals surface area (Å²) in [5.41, 5.74) is 0. The van der Waals surface area contributed by atoms with Crippen molar-refractivity contribution in [3.63, 3.8) is 0 Å². The molecule has 0 bridgehead atoms. The third kappa shape index (κ3) is 13.5. The molecule has 1 atom stereocenters. The van der Waals surface area contributed by atoms with Crippen molar-refractivity contribution in [1.29, 1.82) is 0 Å². The lowest BCUT2D eigenvalue weighted by atomic mass is 10.0. The molecule has 0 aromatic rings. The van der Waals surface area contributed by atoms with Crippen molar-refractivity contribution in [3.8, 4) is 0 Å². The zero-order chi connectivity index (χ0) is 23.9. The Morgan fingerprint density at radius 1 is 0.625 bits per heavy atom. The average molecular weight is 462 g/mol. The second-order valence-electron chi connectivity index (χ2n) is 8.55. The molecule has 0 radical (unpaired) electrons. The number of hydrogen-bond acceptors (Lipinski definition) is 6. The fourth-order valence-electron chi connectivity index (χ4n) is 4.44. The molecule has 0 saturated heterocycles. The van der Waals surface area contributed by atoms with E-state index in [0.717, 1.165) is 12.8 Å². The maximum Gasteiger partial charge on any atom is 0.257 e. The van der Waals surface area contributed by atoms with E-state index in [1.54, 1.807) is 0 Å². The molecule has 0 saturated carbocycles. The predicted octanol–water partition coefficient (Wildman–Crippen LogP) is 5.50. The zero-order valence-electron chi connectivity index (χ0n) is 21.8. The lowest BCUT2D eigenvalue weighted by Gasteiger charge is -2.46. The van der Waals surface area contributed by atoms with Crippen LogP contribution in [-0.2, 0) is 14.2 Å². The smallest absolute Gasteiger partial charge is 0.257 e. The van der Waals surface area contributed by atoms with Crippen molar-refractivity contribution in [2.75, 3.05) is 46.1 Å². The molecule has 6 heteroatoms. The molecule has 0 aromatic carbocycles. The van der Waals surface area contributed by atoms with Crippen molar-refractivity contribution in [3.05, 3.63) is 0 Å². The first kappa shape index (κ1) is 31.8. The Kier molecular flexibility index (Phi) is 22.4. The molecular formula is C26H55NO5. The lowest BCUT2D eigenvalue weighted by Crippen LogP contribution is -2.62. The summed E-state index contributed by atoms with van der Waals surface area (Å²) >= 11 is 0. The van der Waals surface area contributed by atoms with Crippen molar-refractivity contribution in [1.82, 2.24) is 4.90 Å². The van der Waals surface area contributed by atoms with Crippen LogP contribution in [0.3, 0.4) is 0 Å². The van der Waals surface area contributed by atoms with Crippen molar-refractivity contribution >= 4 is 0 Å². The topological polar surface area (TPSA) is 71.4 Å². The number of ether oxygens (including phenoxy) is 3. The highest BCUT2D eigenvalue weighted by atomic mass is 16.7. The van der Waals surface area contributed by atoms with Gasteiger partial charge in [0.2, 0.25) is 0 Å². The first-order valence-corrected chi connectivity index (χ1v) is 13.5. The van der Waals surface area contributed by atoms with Crippen LogP contribution in [-0.4, -0.2) is 73.3 Å². The summed E-state index contributed by atoms with van der Waals surface area (Å²) < 4.78 is 18.5. The van der Waals surface area contributed by atoms with Gasteiger partial charge in [0, 0.05) is 32.9 Å². The molecule has 32 heavy (non-hydrogen) atoms. The van der Waals surface area contributed by atoms with Gasteiger partial charge in [-0.1, -0.05) is 84.0 Å². The van der Waals surface area contributed by atoms with Gasteiger partial charge in [0.15, 0.2) is 0 Å². The molecule has 0 aromatic heterocycles. The molecule has 0 heterocycles. The van der Waals surface area contributed by atoms with E-state index in [1.807, 2.05) is 25.7 Å². The summed E-state index contributed by atoms with van der Waals surface area (Å²) in [6.45, 7) is 10.3. The first-order chi connectivity index (χ1) is 15.7. The van der Waals surface area contributed by atoms with E-state index in [4.69, 9.17) is 14.2 Å². The first-order valence-electron chi connectivity index (χ1n) is 13.5. The summed E-state index contributed by atoms with van der Waals surface area (Å²) in [5.74, 6) is -1.08. The minimum Gasteiger partial charge on any atom is -0.395 e. The molecule has 0 aliphatic carbocycles. The van der Waals surface area contributed by atoms with Crippen LogP contribution < -0.4 is 0 Å². The van der Waals surface area contributed by atoms with Crippen molar-refractivity contribution < 1.29 is 24.4 Å². The average Bonchev–Trinajstić information content (AvgIpc) is 2.78. The van der Waals surface area contributed by atoms with Crippen LogP contribution in [0.1, 0.15) is 111 Å². The molecule has 6 nitrogen and oxygen atoms in total. The van der Waals surface area contributed by atoms with E-state index in [-0.39, 0.29) is 19.3 Å². The van der Waals surface area contributed by atoms with Crippen LogP contribution >= 0.6 is 0 Å². The van der Waals surface area contributed by atoms with Gasteiger partial charge in [0.25, 0.3) is 5.91 Å². The second-order valence-corrected chi connectivity index (χ2v) is 8.55. The van der Waals surface area contributed by atoms with E-state index < -0.39 is 5.91 Å². The number of nitrogens with zero attached hydrogens (tertiary/aromatic N) is 1. The molecule has 0 rings (SSSR count). The molecule has 0 fully saturated rings. The van der Waals surface area contributed by atoms with Gasteiger partial charge in [-0.2, -0.15) is 0 Å². The standard InChI is InChI=1S/C26H55NO5/c1-5-9-10-11-12-13-14-15-16-17-18-19-20-25(30-6-2)26(31-7-3,32-8-4)27(21-23-28)22-24-29/h25,28-29H,5-24H2,1-4H3. The largest absolute Gasteiger partial charge is 0.395 e. The SMILES string of the molecule is CCCCCCCCCCCCCCC(OCC)C(OCC)(OCC)N(CCO)CCO. The van der Waals surface area contributed by atoms with E-state index in [9.17, 15) is 10.2 Å². The predicted molar refractivity (Wildman–Crippen MR) is 133 cm³/mol. The fraction of sp³-hybridized carbons (Fsp3) is 1.00. The molecule has 0 spiro atoms. The Bertz CT molecular complexity index is 371. The van der Waals surface area contributed by atoms with Crippen molar-refractivity contribution in [2.45, 2.75) is 123 Å². The van der Waals surface area contributed by atoms with Crippen LogP contribution in [0.2, 0.25) is 0 Å². The molecular weight excluding hydrogens is 406 g/mol. The Morgan fingerprint density at radius 3 is 1.44 bits per heavy atom. The van der Waals surface area contributed by atoms with Gasteiger partial charge < -0.3 is 24.4 Å². The summed E-state index contributed by atoms with van der Waals surface area (Å²) in [6, 6.07) is 0. The van der Waals surface area contributed by atoms with Crippen LogP contribution in [0.4, 0.5) is 0 Å². The molecule has 2 N–H and O–H groups in total. The van der Waals surface area contributed by atoms with Crippen LogP contribution in [0.15, 0.2) is 0 Å². The van der Waals surface area contributed by atoms with Crippen LogP contribution in [0.5, 0.6) is 0 Å². The second kappa shape index (κ2) is 22.5. The summed E-state index contributed by atoms with van der Waals surface area (Å²) in [7, 11) is 0. The summed E-state index contributed by atoms with van der Waals surface area (Å²) in [6.07, 6.45) is 16.3. The molecule has 194 valence electrons. The lowest BCUT2D eigenvalue weighted by molar-refractivity contribution is -0.362. The van der Waals surface area contributed by atoms with E-state index in [1.165, 1.54) is 70.6 Å². The van der Waals surface area contributed by atoms with Crippen molar-refractivity contribution in [2.24, 2.45) is 0 Å². The molecule has 1 unspecified atom stereocenters. The summed E-state index contributed by atoms with van der Waals surface area (Å²) in [5, 5.41) is 19.2. The third-order valence-corrected chi connectivity index (χ3v) is 5.98. The number of unbranched alkanes of at least 4 members (excludes halogenated alkanes) is 11. The highest BCUT2D eigenvalue weighted by molar-refractivity contribution is 4.83. The molecule has 0 amide bonds. The van der Waals surface area contributed by atoms with Gasteiger partial charge in [-0.3, -0.25) is 0 Å². The van der Waals surface area contributed by atoms with Gasteiger partial charge in [-0.15, -0.1) is 0 Å². The van der Waals surface area contributed by atoms with Crippen LogP contribution in [0, 0.1) is 0 Å². The van der Waals surface area contributed by atoms with Gasteiger partial charge in [0.1, 0.15) is 6.10 Å². The highest BCUT2D eigenvalue weighted by Gasteiger charge is 2.46. The fourth-order valence-corrected chi connectivity index (χ4v) is 4.44. The maximum absolute atomic E-state index is 9.59. The van der Waals surface area contributed by atoms with E-state index in [0.29, 0.717) is 32.9 Å². The highest BCUT2D eigenvalue weighted by Crippen LogP contribution is 2.30. The Balaban J connectivity index is 4.60. The number of rotatable bonds is 25. The van der Waals surface area contributed by atoms with Gasteiger partial charge >= 0.3 is 0 Å². The summed E-state index contributed by atoms with van der Waals surface area (Å²) in [4.78, 5) is 1.89. The van der Waals surface area contributed by atoms with Crippen LogP contribution in [0.25, 0.3) is 0 Å². The van der Waals surface area contributed by atoms with Gasteiger partial charge in [-0.05, 0) is 27.2 Å². The quantitative estimate of drug-likeness (QED) is 0.138. The number of hydrogen-bond donors (Lipinski definition) is 2. The Morgan fingerprint density at radius 2 is 1.06 bits per heavy atom. The van der Waals surface area contributed by atoms with Gasteiger partial charge in [0.05, 0.1) is 13.2 Å². The minimum absolute atomic E-state index is 0.0284. The number of aliphatic hydroxyl groups excluding tert-OH is 2. The monoisotopic (exact) mass is 461 g/mol. The normalized spacial score (nSPS) is 13.2. The van der Waals surface area contributed by atoms with E-state index in [2.05, 4.69) is 6.92 Å². The Hall–Kier alpha value is -0.240.